The number of hydrogen-bond donors (Lipinski definition) is 1. The van der Waals surface area contributed by atoms with Crippen LogP contribution < -0.4 is 5.73 Å². The zero-order valence-electron chi connectivity index (χ0n) is 11.8. The molecule has 1 aromatic carbocycles. The van der Waals surface area contributed by atoms with Crippen LogP contribution in [0.25, 0.3) is 0 Å². The number of nitrogens with zero attached hydrogens (tertiary/aromatic N) is 2. The van der Waals surface area contributed by atoms with Crippen LogP contribution in [0.2, 0.25) is 0 Å². The second-order valence-electron chi connectivity index (χ2n) is 5.37. The monoisotopic (exact) mass is 325 g/mol. The van der Waals surface area contributed by atoms with Gasteiger partial charge in [0.05, 0.1) is 0 Å². The van der Waals surface area contributed by atoms with Crippen molar-refractivity contribution < 1.29 is 0 Å². The molecule has 1 aliphatic rings. The molecule has 4 heteroatoms. The summed E-state index contributed by atoms with van der Waals surface area (Å²) >= 11 is 3.57. The van der Waals surface area contributed by atoms with Crippen molar-refractivity contribution in [3.8, 4) is 0 Å². The van der Waals surface area contributed by atoms with E-state index in [1.807, 2.05) is 0 Å². The number of halogens is 1. The SMILES string of the molecule is CCC(c1cccc(Br)c1)N1CCN(C)CC1CN. The highest BCUT2D eigenvalue weighted by atomic mass is 79.9. The Hall–Kier alpha value is -0.420. The molecule has 3 nitrogen and oxygen atoms in total. The third kappa shape index (κ3) is 3.57. The predicted octanol–water partition coefficient (Wildman–Crippen LogP) is 2.47. The molecule has 1 aliphatic heterocycles. The summed E-state index contributed by atoms with van der Waals surface area (Å²) in [4.78, 5) is 4.96. The van der Waals surface area contributed by atoms with Gasteiger partial charge in [0, 0.05) is 42.7 Å². The second kappa shape index (κ2) is 6.84. The molecule has 0 amide bonds. The van der Waals surface area contributed by atoms with Crippen molar-refractivity contribution in [1.29, 1.82) is 0 Å². The minimum atomic E-state index is 0.461. The lowest BCUT2D eigenvalue weighted by Gasteiger charge is -2.44. The highest BCUT2D eigenvalue weighted by molar-refractivity contribution is 9.10. The molecule has 0 radical (unpaired) electrons. The lowest BCUT2D eigenvalue weighted by Crippen LogP contribution is -2.55. The zero-order chi connectivity index (χ0) is 13.8. The number of piperazine rings is 1. The molecule has 0 saturated carbocycles. The van der Waals surface area contributed by atoms with Gasteiger partial charge in [-0.2, -0.15) is 0 Å². The summed E-state index contributed by atoms with van der Waals surface area (Å²) in [6.45, 7) is 6.29. The predicted molar refractivity (Wildman–Crippen MR) is 84.2 cm³/mol. The normalized spacial score (nSPS) is 23.5. The third-order valence-electron chi connectivity index (χ3n) is 4.02. The highest BCUT2D eigenvalue weighted by Crippen LogP contribution is 2.29. The average molecular weight is 326 g/mol. The van der Waals surface area contributed by atoms with E-state index < -0.39 is 0 Å². The number of likely N-dealkylation sites (N-methyl/N-ethyl adjacent to an activating group) is 1. The largest absolute Gasteiger partial charge is 0.329 e. The fourth-order valence-electron chi connectivity index (χ4n) is 3.02. The first-order valence-corrected chi connectivity index (χ1v) is 7.84. The van der Waals surface area contributed by atoms with Gasteiger partial charge in [-0.3, -0.25) is 4.90 Å². The summed E-state index contributed by atoms with van der Waals surface area (Å²) in [5, 5.41) is 0. The van der Waals surface area contributed by atoms with Gasteiger partial charge in [-0.05, 0) is 31.2 Å². The van der Waals surface area contributed by atoms with E-state index in [0.29, 0.717) is 12.1 Å². The van der Waals surface area contributed by atoms with Crippen LogP contribution in [0.3, 0.4) is 0 Å². The van der Waals surface area contributed by atoms with Gasteiger partial charge in [0.25, 0.3) is 0 Å². The van der Waals surface area contributed by atoms with E-state index in [4.69, 9.17) is 5.73 Å². The van der Waals surface area contributed by atoms with E-state index in [1.165, 1.54) is 5.56 Å². The lowest BCUT2D eigenvalue weighted by atomic mass is 9.99. The van der Waals surface area contributed by atoms with Crippen molar-refractivity contribution in [2.75, 3.05) is 33.2 Å². The van der Waals surface area contributed by atoms with Gasteiger partial charge in [-0.15, -0.1) is 0 Å². The van der Waals surface area contributed by atoms with Crippen LogP contribution in [0.15, 0.2) is 28.7 Å². The second-order valence-corrected chi connectivity index (χ2v) is 6.28. The molecule has 1 aromatic rings. The summed E-state index contributed by atoms with van der Waals surface area (Å²) in [6, 6.07) is 9.60. The van der Waals surface area contributed by atoms with Crippen molar-refractivity contribution in [1.82, 2.24) is 9.80 Å². The summed E-state index contributed by atoms with van der Waals surface area (Å²) in [6.07, 6.45) is 1.12. The Labute approximate surface area is 124 Å². The molecule has 1 saturated heterocycles. The van der Waals surface area contributed by atoms with E-state index >= 15 is 0 Å². The van der Waals surface area contributed by atoms with Crippen molar-refractivity contribution in [2.24, 2.45) is 5.73 Å². The first kappa shape index (κ1) is 15.0. The topological polar surface area (TPSA) is 32.5 Å². The smallest absolute Gasteiger partial charge is 0.0352 e. The molecule has 0 aromatic heterocycles. The van der Waals surface area contributed by atoms with E-state index in [1.54, 1.807) is 0 Å². The summed E-state index contributed by atoms with van der Waals surface area (Å²) < 4.78 is 1.15. The van der Waals surface area contributed by atoms with Crippen LogP contribution in [0.4, 0.5) is 0 Å². The Morgan fingerprint density at radius 3 is 2.84 bits per heavy atom. The first-order chi connectivity index (χ1) is 9.15. The van der Waals surface area contributed by atoms with Gasteiger partial charge < -0.3 is 10.6 Å². The van der Waals surface area contributed by atoms with Crippen molar-refractivity contribution in [2.45, 2.75) is 25.4 Å². The standard InChI is InChI=1S/C15H24BrN3/c1-3-15(12-5-4-6-13(16)9-12)19-8-7-18(2)11-14(19)10-17/h4-6,9,14-15H,3,7-8,10-11,17H2,1-2H3. The first-order valence-electron chi connectivity index (χ1n) is 7.05. The van der Waals surface area contributed by atoms with Crippen molar-refractivity contribution in [3.05, 3.63) is 34.3 Å². The lowest BCUT2D eigenvalue weighted by molar-refractivity contribution is 0.0538. The minimum Gasteiger partial charge on any atom is -0.329 e. The Morgan fingerprint density at radius 1 is 1.42 bits per heavy atom. The maximum atomic E-state index is 5.98. The fourth-order valence-corrected chi connectivity index (χ4v) is 3.44. The number of benzene rings is 1. The molecular formula is C15H24BrN3. The van der Waals surface area contributed by atoms with Crippen LogP contribution >= 0.6 is 15.9 Å². The molecule has 2 atom stereocenters. The molecule has 1 fully saturated rings. The van der Waals surface area contributed by atoms with E-state index in [-0.39, 0.29) is 0 Å². The maximum absolute atomic E-state index is 5.98. The van der Waals surface area contributed by atoms with E-state index in [2.05, 4.69) is 64.0 Å². The Bertz CT molecular complexity index is 410. The number of nitrogens with two attached hydrogens (primary N) is 1. The van der Waals surface area contributed by atoms with Crippen LogP contribution in [-0.4, -0.2) is 49.1 Å². The molecule has 19 heavy (non-hydrogen) atoms. The molecule has 106 valence electrons. The van der Waals surface area contributed by atoms with Gasteiger partial charge in [0.2, 0.25) is 0 Å². The van der Waals surface area contributed by atoms with Crippen molar-refractivity contribution in [3.63, 3.8) is 0 Å². The molecule has 1 heterocycles. The molecule has 2 rings (SSSR count). The van der Waals surface area contributed by atoms with Gasteiger partial charge in [0.15, 0.2) is 0 Å². The van der Waals surface area contributed by atoms with Crippen LogP contribution in [0.5, 0.6) is 0 Å². The number of rotatable bonds is 4. The molecule has 2 N–H and O–H groups in total. The molecular weight excluding hydrogens is 302 g/mol. The summed E-state index contributed by atoms with van der Waals surface area (Å²) in [5.41, 5.74) is 7.37. The van der Waals surface area contributed by atoms with Gasteiger partial charge >= 0.3 is 0 Å². The third-order valence-corrected chi connectivity index (χ3v) is 4.52. The number of hydrogen-bond acceptors (Lipinski definition) is 3. The van der Waals surface area contributed by atoms with Crippen molar-refractivity contribution >= 4 is 15.9 Å². The molecule has 0 bridgehead atoms. The zero-order valence-corrected chi connectivity index (χ0v) is 13.4. The summed E-state index contributed by atoms with van der Waals surface area (Å²) in [5.74, 6) is 0. The van der Waals surface area contributed by atoms with Gasteiger partial charge in [0.1, 0.15) is 0 Å². The molecule has 2 unspecified atom stereocenters. The Balaban J connectivity index is 2.20. The van der Waals surface area contributed by atoms with Crippen LogP contribution in [0, 0.1) is 0 Å². The van der Waals surface area contributed by atoms with E-state index in [9.17, 15) is 0 Å². The maximum Gasteiger partial charge on any atom is 0.0352 e. The minimum absolute atomic E-state index is 0.461. The molecule has 0 aliphatic carbocycles. The quantitative estimate of drug-likeness (QED) is 0.923. The van der Waals surface area contributed by atoms with Crippen LogP contribution in [0.1, 0.15) is 24.9 Å². The Kier molecular flexibility index (Phi) is 5.39. The van der Waals surface area contributed by atoms with Crippen LogP contribution in [-0.2, 0) is 0 Å². The molecule has 0 spiro atoms. The van der Waals surface area contributed by atoms with Gasteiger partial charge in [-0.25, -0.2) is 0 Å². The Morgan fingerprint density at radius 2 is 2.21 bits per heavy atom. The van der Waals surface area contributed by atoms with Gasteiger partial charge in [-0.1, -0.05) is 35.0 Å². The highest BCUT2D eigenvalue weighted by Gasteiger charge is 2.29. The fraction of sp³-hybridized carbons (Fsp3) is 0.600. The van der Waals surface area contributed by atoms with E-state index in [0.717, 1.165) is 37.1 Å². The summed E-state index contributed by atoms with van der Waals surface area (Å²) in [7, 11) is 2.18. The average Bonchev–Trinajstić information content (AvgIpc) is 2.41.